The van der Waals surface area contributed by atoms with Gasteiger partial charge in [-0.2, -0.15) is 0 Å². The fourth-order valence-electron chi connectivity index (χ4n) is 5.07. The first-order valence-electron chi connectivity index (χ1n) is 12.5. The van der Waals surface area contributed by atoms with E-state index in [1.54, 1.807) is 54.6 Å². The smallest absolute Gasteiger partial charge is 0.305 e. The molecule has 3 unspecified atom stereocenters. The number of anilines is 2. The molecule has 3 atom stereocenters. The maximum Gasteiger partial charge on any atom is 0.305 e. The van der Waals surface area contributed by atoms with Gasteiger partial charge in [0, 0.05) is 32.1 Å². The van der Waals surface area contributed by atoms with Crippen LogP contribution < -0.4 is 19.8 Å². The molecule has 3 aromatic carbocycles. The first kappa shape index (κ1) is 27.6. The molecule has 0 aliphatic carbocycles. The molecule has 2 aliphatic heterocycles. The predicted octanol–water partition coefficient (Wildman–Crippen LogP) is 5.86. The summed E-state index contributed by atoms with van der Waals surface area (Å²) in [4.78, 5) is 57.1. The summed E-state index contributed by atoms with van der Waals surface area (Å²) in [5.74, 6) is -2.36. The molecule has 3 heterocycles. The summed E-state index contributed by atoms with van der Waals surface area (Å²) in [6.07, 6.45) is 0. The van der Waals surface area contributed by atoms with Crippen LogP contribution in [0.5, 0.6) is 5.75 Å². The van der Waals surface area contributed by atoms with Crippen LogP contribution in [0.4, 0.5) is 11.4 Å². The van der Waals surface area contributed by atoms with Crippen molar-refractivity contribution in [1.29, 1.82) is 0 Å². The highest BCUT2D eigenvalue weighted by atomic mass is 35.5. The second kappa shape index (κ2) is 11.0. The minimum atomic E-state index is -0.823. The number of nitrogens with one attached hydrogen (secondary N) is 2. The number of imide groups is 1. The first-order valence-corrected chi connectivity index (χ1v) is 15.0. The van der Waals surface area contributed by atoms with Gasteiger partial charge in [0.2, 0.25) is 11.8 Å². The second-order valence-corrected chi connectivity index (χ2v) is 12.7. The number of nitrogens with zero attached hydrogens (tertiary/aromatic N) is 1. The maximum atomic E-state index is 14.0. The molecule has 3 amide bonds. The van der Waals surface area contributed by atoms with Crippen molar-refractivity contribution in [2.45, 2.75) is 23.1 Å². The van der Waals surface area contributed by atoms with Crippen molar-refractivity contribution in [3.63, 3.8) is 0 Å². The lowest BCUT2D eigenvalue weighted by Gasteiger charge is -2.31. The molecule has 6 rings (SSSR count). The molecule has 2 N–H and O–H groups in total. The van der Waals surface area contributed by atoms with Crippen molar-refractivity contribution in [1.82, 2.24) is 4.98 Å². The van der Waals surface area contributed by atoms with E-state index in [2.05, 4.69) is 10.3 Å². The Morgan fingerprint density at radius 1 is 0.976 bits per heavy atom. The third-order valence-electron chi connectivity index (χ3n) is 6.91. The molecule has 2 aliphatic rings. The number of H-pyrrole nitrogens is 1. The Kier molecular flexibility index (Phi) is 7.41. The Morgan fingerprint density at radius 3 is 2.41 bits per heavy atom. The van der Waals surface area contributed by atoms with Crippen molar-refractivity contribution < 1.29 is 19.1 Å². The molecule has 1 saturated heterocycles. The number of rotatable bonds is 6. The third kappa shape index (κ3) is 5.28. The van der Waals surface area contributed by atoms with E-state index in [4.69, 9.17) is 27.9 Å². The molecular weight excluding hydrogens is 605 g/mol. The number of hydrogen-bond acceptors (Lipinski definition) is 7. The summed E-state index contributed by atoms with van der Waals surface area (Å²) in [5, 5.41) is 3.43. The zero-order valence-electron chi connectivity index (χ0n) is 21.4. The van der Waals surface area contributed by atoms with Gasteiger partial charge in [0.25, 0.3) is 5.91 Å². The molecule has 1 aromatic heterocycles. The van der Waals surface area contributed by atoms with E-state index in [0.29, 0.717) is 42.6 Å². The van der Waals surface area contributed by atoms with Crippen LogP contribution in [0.25, 0.3) is 0 Å². The normalized spacial score (nSPS) is 19.6. The van der Waals surface area contributed by atoms with Gasteiger partial charge in [-0.3, -0.25) is 19.2 Å². The molecule has 208 valence electrons. The van der Waals surface area contributed by atoms with Gasteiger partial charge < -0.3 is 15.0 Å². The van der Waals surface area contributed by atoms with Crippen LogP contribution in [0.2, 0.25) is 10.0 Å². The fraction of sp³-hybridized carbons (Fsp3) is 0.172. The van der Waals surface area contributed by atoms with E-state index in [9.17, 15) is 19.2 Å². The number of aromatic amines is 1. The maximum absolute atomic E-state index is 14.0. The molecule has 0 radical (unpaired) electrons. The predicted molar refractivity (Wildman–Crippen MR) is 161 cm³/mol. The van der Waals surface area contributed by atoms with E-state index in [1.807, 2.05) is 19.1 Å². The minimum absolute atomic E-state index is 0.297. The number of amides is 3. The largest absolute Gasteiger partial charge is 0.483 e. The summed E-state index contributed by atoms with van der Waals surface area (Å²) in [5.41, 5.74) is 2.55. The highest BCUT2D eigenvalue weighted by Crippen LogP contribution is 2.54. The van der Waals surface area contributed by atoms with Crippen molar-refractivity contribution in [2.75, 3.05) is 16.8 Å². The van der Waals surface area contributed by atoms with E-state index in [1.165, 1.54) is 16.7 Å². The highest BCUT2D eigenvalue weighted by molar-refractivity contribution is 8.00. The number of benzene rings is 3. The van der Waals surface area contributed by atoms with Gasteiger partial charge in [0.15, 0.2) is 6.61 Å². The lowest BCUT2D eigenvalue weighted by atomic mass is 9.82. The van der Waals surface area contributed by atoms with Crippen LogP contribution in [0.3, 0.4) is 0 Å². The fourth-order valence-corrected chi connectivity index (χ4v) is 7.88. The van der Waals surface area contributed by atoms with Gasteiger partial charge in [0.1, 0.15) is 11.0 Å². The molecule has 0 spiro atoms. The van der Waals surface area contributed by atoms with Crippen molar-refractivity contribution in [3.8, 4) is 5.75 Å². The summed E-state index contributed by atoms with van der Waals surface area (Å²) < 4.78 is 5.96. The number of fused-ring (bicyclic) bond motifs is 2. The van der Waals surface area contributed by atoms with Crippen molar-refractivity contribution in [3.05, 3.63) is 102 Å². The average Bonchev–Trinajstić information content (AvgIpc) is 3.44. The van der Waals surface area contributed by atoms with Crippen LogP contribution in [-0.2, 0) is 14.4 Å². The second-order valence-electron chi connectivity index (χ2n) is 9.62. The standard InChI is InChI=1S/C29H21Cl2N3O5S2/c1-14-2-9-18(10-3-14)34-27(36)23-22(24-26(33-29(38)41-24)40-25(23)28(34)37)19-12-16(31)6-11-20(19)39-13-21(35)32-17-7-4-15(30)5-8-17/h2-12,22-23,25H,13H2,1H3,(H,32,35)(H,33,38). The Morgan fingerprint density at radius 2 is 1.68 bits per heavy atom. The summed E-state index contributed by atoms with van der Waals surface area (Å²) in [7, 11) is 0. The Balaban J connectivity index is 1.36. The van der Waals surface area contributed by atoms with Gasteiger partial charge in [-0.1, -0.05) is 64.0 Å². The minimum Gasteiger partial charge on any atom is -0.483 e. The zero-order valence-corrected chi connectivity index (χ0v) is 24.5. The molecule has 41 heavy (non-hydrogen) atoms. The van der Waals surface area contributed by atoms with Crippen LogP contribution in [0.1, 0.15) is 21.9 Å². The van der Waals surface area contributed by atoms with Crippen LogP contribution >= 0.6 is 46.3 Å². The highest BCUT2D eigenvalue weighted by Gasteiger charge is 2.56. The Hall–Kier alpha value is -3.57. The number of halogens is 2. The van der Waals surface area contributed by atoms with E-state index in [-0.39, 0.29) is 23.3 Å². The van der Waals surface area contributed by atoms with Crippen LogP contribution in [0.15, 0.2) is 76.6 Å². The summed E-state index contributed by atoms with van der Waals surface area (Å²) in [6, 6.07) is 18.7. The Labute approximate surface area is 252 Å². The third-order valence-corrected chi connectivity index (χ3v) is 9.80. The van der Waals surface area contributed by atoms with Gasteiger partial charge in [-0.25, -0.2) is 4.90 Å². The molecule has 12 heteroatoms. The quantitative estimate of drug-likeness (QED) is 0.260. The zero-order chi connectivity index (χ0) is 28.8. The lowest BCUT2D eigenvalue weighted by molar-refractivity contribution is -0.122. The van der Waals surface area contributed by atoms with Crippen molar-refractivity contribution >= 4 is 75.4 Å². The number of carbonyl (C=O) groups excluding carboxylic acids is 3. The SMILES string of the molecule is Cc1ccc(N2C(=O)C3Sc4[nH]c(=O)sc4C(c4cc(Cl)ccc4OCC(=O)Nc4ccc(Cl)cc4)C3C2=O)cc1. The van der Waals surface area contributed by atoms with Crippen LogP contribution in [-0.4, -0.2) is 34.6 Å². The van der Waals surface area contributed by atoms with Crippen LogP contribution in [0, 0.1) is 12.8 Å². The molecular formula is C29H21Cl2N3O5S2. The van der Waals surface area contributed by atoms with E-state index in [0.717, 1.165) is 16.9 Å². The number of thioether (sulfide) groups is 1. The molecule has 0 saturated carbocycles. The molecule has 0 bridgehead atoms. The topological polar surface area (TPSA) is 109 Å². The van der Waals surface area contributed by atoms with Gasteiger partial charge in [-0.15, -0.1) is 0 Å². The average molecular weight is 627 g/mol. The van der Waals surface area contributed by atoms with Gasteiger partial charge in [-0.05, 0) is 61.5 Å². The molecule has 8 nitrogen and oxygen atoms in total. The number of aryl methyl sites for hydroxylation is 1. The van der Waals surface area contributed by atoms with E-state index < -0.39 is 23.0 Å². The van der Waals surface area contributed by atoms with Gasteiger partial charge in [0.05, 0.1) is 16.6 Å². The van der Waals surface area contributed by atoms with Gasteiger partial charge >= 0.3 is 4.87 Å². The summed E-state index contributed by atoms with van der Waals surface area (Å²) >= 11 is 14.5. The Bertz CT molecular complexity index is 1740. The summed E-state index contributed by atoms with van der Waals surface area (Å²) in [6.45, 7) is 1.60. The number of ether oxygens (including phenoxy) is 1. The van der Waals surface area contributed by atoms with Crippen molar-refractivity contribution in [2.24, 2.45) is 5.92 Å². The number of thiazole rings is 1. The monoisotopic (exact) mass is 625 g/mol. The molecule has 4 aromatic rings. The number of carbonyl (C=O) groups is 3. The van der Waals surface area contributed by atoms with E-state index >= 15 is 0 Å². The first-order chi connectivity index (χ1) is 19.7. The number of hydrogen-bond donors (Lipinski definition) is 2. The molecule has 1 fully saturated rings. The number of aromatic nitrogens is 1. The lowest BCUT2D eigenvalue weighted by Crippen LogP contribution is -2.32.